The molecular weight excluding hydrogens is 357 g/mol. The lowest BCUT2D eigenvalue weighted by Gasteiger charge is -2.18. The van der Waals surface area contributed by atoms with Crippen molar-refractivity contribution in [1.82, 2.24) is 5.32 Å². The zero-order chi connectivity index (χ0) is 20.4. The number of carbonyl (C=O) groups excluding carboxylic acids is 1. The Morgan fingerprint density at radius 2 is 1.86 bits per heavy atom. The molecule has 0 saturated heterocycles. The summed E-state index contributed by atoms with van der Waals surface area (Å²) in [6, 6.07) is 14.9. The van der Waals surface area contributed by atoms with Crippen LogP contribution in [0.25, 0.3) is 5.57 Å². The fraction of sp³-hybridized carbons (Fsp3) is 0.348. The molecule has 28 heavy (non-hydrogen) atoms. The molecule has 0 aliphatic carbocycles. The highest BCUT2D eigenvalue weighted by atomic mass is 19.1. The van der Waals surface area contributed by atoms with Crippen LogP contribution in [0.4, 0.5) is 4.39 Å². The van der Waals surface area contributed by atoms with E-state index in [-0.39, 0.29) is 11.4 Å². The Balaban J connectivity index is 0.000000345. The van der Waals surface area contributed by atoms with E-state index in [9.17, 15) is 9.18 Å². The van der Waals surface area contributed by atoms with Crippen LogP contribution in [0.3, 0.4) is 0 Å². The third-order valence-corrected chi connectivity index (χ3v) is 4.00. The molecule has 2 aromatic carbocycles. The van der Waals surface area contributed by atoms with Gasteiger partial charge in [-0.05, 0) is 50.9 Å². The molecule has 4 nitrogen and oxygen atoms in total. The Hall–Kier alpha value is -2.66. The summed E-state index contributed by atoms with van der Waals surface area (Å²) in [7, 11) is 0. The van der Waals surface area contributed by atoms with Crippen molar-refractivity contribution in [2.45, 2.75) is 39.4 Å². The molecule has 1 aliphatic rings. The molecule has 0 saturated carbocycles. The van der Waals surface area contributed by atoms with Crippen LogP contribution in [-0.4, -0.2) is 25.2 Å². The van der Waals surface area contributed by atoms with Gasteiger partial charge in [0.15, 0.2) is 11.6 Å². The first-order valence-electron chi connectivity index (χ1n) is 9.37. The smallest absolute Gasteiger partial charge is 0.293 e. The Morgan fingerprint density at radius 3 is 2.43 bits per heavy atom. The number of carbonyl (C=O) groups is 1. The fourth-order valence-electron chi connectivity index (χ4n) is 2.65. The highest BCUT2D eigenvalue weighted by Gasteiger charge is 2.15. The number of nitrogens with one attached hydrogen (secondary N) is 1. The van der Waals surface area contributed by atoms with Gasteiger partial charge in [-0.25, -0.2) is 4.39 Å². The average molecular weight is 385 g/mol. The van der Waals surface area contributed by atoms with Gasteiger partial charge >= 0.3 is 0 Å². The molecule has 3 rings (SSSR count). The number of halogens is 1. The number of benzene rings is 2. The second kappa shape index (κ2) is 10.6. The topological polar surface area (TPSA) is 47.6 Å². The van der Waals surface area contributed by atoms with Crippen molar-refractivity contribution in [2.24, 2.45) is 0 Å². The quantitative estimate of drug-likeness (QED) is 0.756. The van der Waals surface area contributed by atoms with Crippen LogP contribution < -0.4 is 10.1 Å². The van der Waals surface area contributed by atoms with Gasteiger partial charge in [0.05, 0.1) is 0 Å². The molecule has 1 N–H and O–H groups in total. The van der Waals surface area contributed by atoms with Gasteiger partial charge in [0, 0.05) is 12.1 Å². The van der Waals surface area contributed by atoms with E-state index in [1.165, 1.54) is 6.07 Å². The van der Waals surface area contributed by atoms with E-state index in [0.717, 1.165) is 36.2 Å². The first-order valence-corrected chi connectivity index (χ1v) is 9.37. The zero-order valence-corrected chi connectivity index (χ0v) is 16.7. The predicted molar refractivity (Wildman–Crippen MR) is 110 cm³/mol. The minimum absolute atomic E-state index is 0.303. The number of ether oxygens (including phenoxy) is 2. The van der Waals surface area contributed by atoms with Gasteiger partial charge in [-0.15, -0.1) is 0 Å². The van der Waals surface area contributed by atoms with Crippen LogP contribution in [0.15, 0.2) is 54.6 Å². The minimum Gasteiger partial charge on any atom is -0.485 e. The number of rotatable bonds is 5. The van der Waals surface area contributed by atoms with E-state index >= 15 is 0 Å². The third-order valence-electron chi connectivity index (χ3n) is 4.00. The van der Waals surface area contributed by atoms with Gasteiger partial charge in [0.1, 0.15) is 12.2 Å². The second-order valence-corrected chi connectivity index (χ2v) is 7.40. The van der Waals surface area contributed by atoms with Gasteiger partial charge in [-0.3, -0.25) is 4.79 Å². The van der Waals surface area contributed by atoms with Crippen LogP contribution in [0.1, 0.15) is 38.3 Å². The highest BCUT2D eigenvalue weighted by molar-refractivity contribution is 5.71. The lowest BCUT2D eigenvalue weighted by atomic mass is 9.99. The molecule has 150 valence electrons. The number of hydrogen-bond acceptors (Lipinski definition) is 4. The summed E-state index contributed by atoms with van der Waals surface area (Å²) in [6.45, 7) is 8.04. The molecule has 1 heterocycles. The summed E-state index contributed by atoms with van der Waals surface area (Å²) in [4.78, 5) is 9.60. The molecule has 0 atom stereocenters. The van der Waals surface area contributed by atoms with Crippen molar-refractivity contribution in [2.75, 3.05) is 13.1 Å². The predicted octanol–water partition coefficient (Wildman–Crippen LogP) is 4.74. The van der Waals surface area contributed by atoms with Crippen molar-refractivity contribution in [3.8, 4) is 5.75 Å². The molecule has 2 aromatic rings. The zero-order valence-electron chi connectivity index (χ0n) is 16.7. The van der Waals surface area contributed by atoms with Crippen molar-refractivity contribution in [3.05, 3.63) is 71.6 Å². The lowest BCUT2D eigenvalue weighted by Crippen LogP contribution is -2.20. The maximum absolute atomic E-state index is 14.1. The normalized spacial score (nSPS) is 13.6. The highest BCUT2D eigenvalue weighted by Crippen LogP contribution is 2.32. The van der Waals surface area contributed by atoms with Gasteiger partial charge in [-0.1, -0.05) is 48.5 Å². The van der Waals surface area contributed by atoms with Gasteiger partial charge in [0.25, 0.3) is 6.47 Å². The average Bonchev–Trinajstić information content (AvgIpc) is 2.68. The Kier molecular flexibility index (Phi) is 8.20. The van der Waals surface area contributed by atoms with Crippen molar-refractivity contribution in [3.63, 3.8) is 0 Å². The van der Waals surface area contributed by atoms with E-state index in [1.54, 1.807) is 6.07 Å². The molecular formula is C23H28FNO3. The molecule has 0 spiro atoms. The summed E-state index contributed by atoms with van der Waals surface area (Å²) in [5.74, 6) is 0.0531. The lowest BCUT2D eigenvalue weighted by molar-refractivity contribution is -0.138. The summed E-state index contributed by atoms with van der Waals surface area (Å²) in [5.41, 5.74) is 2.73. The maximum Gasteiger partial charge on any atom is 0.293 e. The summed E-state index contributed by atoms with van der Waals surface area (Å²) in [6.07, 6.45) is 3.00. The maximum atomic E-state index is 14.1. The molecule has 0 aromatic heterocycles. The number of para-hydroxylation sites is 1. The van der Waals surface area contributed by atoms with Crippen LogP contribution >= 0.6 is 0 Å². The molecule has 1 aliphatic heterocycles. The van der Waals surface area contributed by atoms with E-state index in [2.05, 4.69) is 16.1 Å². The standard InChI is InChI=1S/C18H18FNO.C5H10O2/c19-17-8-4-7-16(15-9-11-20-12-10-15)18(17)21-13-14-5-2-1-3-6-14;1-5(2,3)7-4-6/h1-9,20H,10-13H2;4H,1-3H3. The summed E-state index contributed by atoms with van der Waals surface area (Å²) >= 11 is 0. The Morgan fingerprint density at radius 1 is 1.11 bits per heavy atom. The first kappa shape index (κ1) is 21.6. The largest absolute Gasteiger partial charge is 0.485 e. The van der Waals surface area contributed by atoms with Crippen molar-refractivity contribution < 1.29 is 18.7 Å². The van der Waals surface area contributed by atoms with Gasteiger partial charge in [0.2, 0.25) is 0 Å². The molecule has 0 bridgehead atoms. The summed E-state index contributed by atoms with van der Waals surface area (Å²) in [5, 5.41) is 3.27. The fourth-order valence-corrected chi connectivity index (χ4v) is 2.65. The number of hydrogen-bond donors (Lipinski definition) is 1. The van der Waals surface area contributed by atoms with Crippen molar-refractivity contribution in [1.29, 1.82) is 0 Å². The van der Waals surface area contributed by atoms with Crippen LogP contribution in [0.5, 0.6) is 5.75 Å². The molecule has 0 fully saturated rings. The minimum atomic E-state index is -0.318. The third kappa shape index (κ3) is 7.16. The van der Waals surface area contributed by atoms with Crippen molar-refractivity contribution >= 4 is 12.0 Å². The van der Waals surface area contributed by atoms with E-state index in [4.69, 9.17) is 4.74 Å². The second-order valence-electron chi connectivity index (χ2n) is 7.40. The van der Waals surface area contributed by atoms with E-state index in [1.807, 2.05) is 57.2 Å². The van der Waals surface area contributed by atoms with Gasteiger partial charge < -0.3 is 14.8 Å². The molecule has 0 radical (unpaired) electrons. The Bertz CT molecular complexity index is 782. The molecule has 5 heteroatoms. The van der Waals surface area contributed by atoms with Crippen LogP contribution in [-0.2, 0) is 16.1 Å². The molecule has 0 unspecified atom stereocenters. The monoisotopic (exact) mass is 385 g/mol. The summed E-state index contributed by atoms with van der Waals surface area (Å²) < 4.78 is 24.5. The van der Waals surface area contributed by atoms with E-state index < -0.39 is 0 Å². The van der Waals surface area contributed by atoms with Gasteiger partial charge in [-0.2, -0.15) is 0 Å². The van der Waals surface area contributed by atoms with Crippen LogP contribution in [0.2, 0.25) is 0 Å². The van der Waals surface area contributed by atoms with E-state index in [0.29, 0.717) is 18.8 Å². The van der Waals surface area contributed by atoms with Crippen LogP contribution in [0, 0.1) is 5.82 Å². The SMILES string of the molecule is CC(C)(C)OC=O.Fc1cccc(C2=CCNCC2)c1OCc1ccccc1. The Labute approximate surface area is 166 Å². The molecule has 0 amide bonds. The first-order chi connectivity index (χ1) is 13.4.